The lowest BCUT2D eigenvalue weighted by Crippen LogP contribution is -1.99. The molecule has 3 rings (SSSR count). The van der Waals surface area contributed by atoms with Crippen molar-refractivity contribution >= 4 is 22.9 Å². The summed E-state index contributed by atoms with van der Waals surface area (Å²) in [5.41, 5.74) is 2.87. The summed E-state index contributed by atoms with van der Waals surface area (Å²) in [6.45, 7) is 0.415. The molecule has 0 aliphatic heterocycles. The average Bonchev–Trinajstić information content (AvgIpc) is 2.72. The zero-order chi connectivity index (χ0) is 18.9. The molecule has 0 bridgehead atoms. The van der Waals surface area contributed by atoms with Crippen molar-refractivity contribution in [1.82, 2.24) is 4.98 Å². The van der Waals surface area contributed by atoms with E-state index in [0.717, 1.165) is 40.8 Å². The number of pyridine rings is 1. The van der Waals surface area contributed by atoms with Gasteiger partial charge in [0.25, 0.3) is 0 Å². The lowest BCUT2D eigenvalue weighted by atomic mass is 10.1. The van der Waals surface area contributed by atoms with Gasteiger partial charge in [0.2, 0.25) is 0 Å². The highest BCUT2D eigenvalue weighted by Crippen LogP contribution is 2.21. The smallest absolute Gasteiger partial charge is 0.305 e. The van der Waals surface area contributed by atoms with Crippen LogP contribution in [0.25, 0.3) is 17.0 Å². The quantitative estimate of drug-likeness (QED) is 0.410. The summed E-state index contributed by atoms with van der Waals surface area (Å²) in [4.78, 5) is 15.8. The van der Waals surface area contributed by atoms with Crippen LogP contribution in [0.15, 0.2) is 66.7 Å². The van der Waals surface area contributed by atoms with Crippen LogP contribution in [0, 0.1) is 0 Å². The van der Waals surface area contributed by atoms with Crippen LogP contribution in [-0.4, -0.2) is 18.1 Å². The van der Waals surface area contributed by atoms with E-state index in [1.807, 2.05) is 60.7 Å². The Morgan fingerprint density at radius 1 is 1.04 bits per heavy atom. The van der Waals surface area contributed by atoms with Crippen molar-refractivity contribution < 1.29 is 14.3 Å². The monoisotopic (exact) mass is 361 g/mol. The lowest BCUT2D eigenvalue weighted by Gasteiger charge is -2.09. The van der Waals surface area contributed by atoms with Crippen LogP contribution in [0.1, 0.15) is 30.5 Å². The average molecular weight is 361 g/mol. The summed E-state index contributed by atoms with van der Waals surface area (Å²) in [6.07, 6.45) is 6.11. The fourth-order valence-electron chi connectivity index (χ4n) is 2.77. The summed E-state index contributed by atoms with van der Waals surface area (Å²) in [5, 5.41) is 1.12. The standard InChI is InChI=1S/C23H23NO3/c1-26-23(25)14-4-2-3-10-19-11-6-8-13-22(19)27-17-20-16-15-18-9-5-7-12-21(18)24-20/h3,5-13,15-16H,2,4,14,17H2,1H3/b10-3-. The van der Waals surface area contributed by atoms with Crippen molar-refractivity contribution in [3.05, 3.63) is 78.0 Å². The summed E-state index contributed by atoms with van der Waals surface area (Å²) < 4.78 is 10.6. The first-order chi connectivity index (χ1) is 13.3. The number of esters is 1. The van der Waals surface area contributed by atoms with Gasteiger partial charge in [-0.05, 0) is 31.0 Å². The molecule has 0 saturated carbocycles. The van der Waals surface area contributed by atoms with Crippen molar-refractivity contribution in [2.75, 3.05) is 7.11 Å². The second kappa shape index (κ2) is 9.53. The number of allylic oxidation sites excluding steroid dienone is 1. The molecule has 0 aliphatic rings. The molecule has 138 valence electrons. The first kappa shape index (κ1) is 18.6. The summed E-state index contributed by atoms with van der Waals surface area (Å²) in [6, 6.07) is 20.0. The topological polar surface area (TPSA) is 48.4 Å². The number of fused-ring (bicyclic) bond motifs is 1. The highest BCUT2D eigenvalue weighted by molar-refractivity contribution is 5.78. The summed E-state index contributed by atoms with van der Waals surface area (Å²) in [7, 11) is 1.41. The van der Waals surface area contributed by atoms with Crippen molar-refractivity contribution in [2.24, 2.45) is 0 Å². The third-order valence-electron chi connectivity index (χ3n) is 4.23. The Morgan fingerprint density at radius 2 is 1.85 bits per heavy atom. The molecule has 4 nitrogen and oxygen atoms in total. The van der Waals surface area contributed by atoms with Crippen LogP contribution < -0.4 is 4.74 Å². The van der Waals surface area contributed by atoms with Crippen LogP contribution in [0.3, 0.4) is 0 Å². The molecule has 0 radical (unpaired) electrons. The fourth-order valence-corrected chi connectivity index (χ4v) is 2.77. The second-order valence-electron chi connectivity index (χ2n) is 6.19. The molecule has 0 N–H and O–H groups in total. The van der Waals surface area contributed by atoms with Gasteiger partial charge in [-0.25, -0.2) is 4.98 Å². The van der Waals surface area contributed by atoms with Gasteiger partial charge in [-0.2, -0.15) is 0 Å². The maximum atomic E-state index is 11.1. The number of hydrogen-bond acceptors (Lipinski definition) is 4. The van der Waals surface area contributed by atoms with E-state index in [1.165, 1.54) is 7.11 Å². The first-order valence-electron chi connectivity index (χ1n) is 9.06. The van der Waals surface area contributed by atoms with Crippen molar-refractivity contribution in [1.29, 1.82) is 0 Å². The molecule has 3 aromatic rings. The van der Waals surface area contributed by atoms with Gasteiger partial charge in [0.15, 0.2) is 0 Å². The Morgan fingerprint density at radius 3 is 2.74 bits per heavy atom. The largest absolute Gasteiger partial charge is 0.487 e. The molecular weight excluding hydrogens is 338 g/mol. The van der Waals surface area contributed by atoms with Crippen molar-refractivity contribution in [3.63, 3.8) is 0 Å². The van der Waals surface area contributed by atoms with Crippen molar-refractivity contribution in [3.8, 4) is 5.75 Å². The van der Waals surface area contributed by atoms with Gasteiger partial charge in [0, 0.05) is 17.4 Å². The number of ether oxygens (including phenoxy) is 2. The molecule has 1 heterocycles. The Bertz CT molecular complexity index is 934. The molecule has 27 heavy (non-hydrogen) atoms. The highest BCUT2D eigenvalue weighted by atomic mass is 16.5. The van der Waals surface area contributed by atoms with Gasteiger partial charge in [-0.15, -0.1) is 0 Å². The Balaban J connectivity index is 1.60. The molecule has 0 atom stereocenters. The number of unbranched alkanes of at least 4 members (excludes halogenated alkanes) is 1. The molecular formula is C23H23NO3. The number of rotatable bonds is 8. The normalized spacial score (nSPS) is 11.0. The van der Waals surface area contributed by atoms with Gasteiger partial charge in [-0.3, -0.25) is 4.79 Å². The SMILES string of the molecule is COC(=O)CCC/C=C\c1ccccc1OCc1ccc2ccccc2n1. The first-order valence-corrected chi connectivity index (χ1v) is 9.06. The molecule has 0 fully saturated rings. The van der Waals surface area contributed by atoms with E-state index < -0.39 is 0 Å². The summed E-state index contributed by atoms with van der Waals surface area (Å²) >= 11 is 0. The predicted molar refractivity (Wildman–Crippen MR) is 107 cm³/mol. The number of methoxy groups -OCH3 is 1. The predicted octanol–water partition coefficient (Wildman–Crippen LogP) is 5.17. The number of carbonyl (C=O) groups excluding carboxylic acids is 1. The van der Waals surface area contributed by atoms with Gasteiger partial charge in [0.05, 0.1) is 18.3 Å². The molecule has 0 spiro atoms. The van der Waals surface area contributed by atoms with E-state index in [2.05, 4.69) is 21.9 Å². The highest BCUT2D eigenvalue weighted by Gasteiger charge is 2.03. The van der Waals surface area contributed by atoms with Crippen LogP contribution in [0.5, 0.6) is 5.75 Å². The van der Waals surface area contributed by atoms with Crippen molar-refractivity contribution in [2.45, 2.75) is 25.9 Å². The van der Waals surface area contributed by atoms with E-state index in [-0.39, 0.29) is 5.97 Å². The minimum atomic E-state index is -0.171. The maximum Gasteiger partial charge on any atom is 0.305 e. The Hall–Kier alpha value is -3.14. The van der Waals surface area contributed by atoms with E-state index in [1.54, 1.807) is 0 Å². The third-order valence-corrected chi connectivity index (χ3v) is 4.23. The van der Waals surface area contributed by atoms with Gasteiger partial charge < -0.3 is 9.47 Å². The number of para-hydroxylation sites is 2. The molecule has 4 heteroatoms. The molecule has 0 unspecified atom stereocenters. The molecule has 0 amide bonds. The van der Waals surface area contributed by atoms with Crippen LogP contribution in [-0.2, 0) is 16.1 Å². The minimum absolute atomic E-state index is 0.171. The van der Waals surface area contributed by atoms with Crippen LogP contribution in [0.2, 0.25) is 0 Å². The van der Waals surface area contributed by atoms with Gasteiger partial charge in [0.1, 0.15) is 12.4 Å². The van der Waals surface area contributed by atoms with Gasteiger partial charge in [-0.1, -0.05) is 54.6 Å². The second-order valence-corrected chi connectivity index (χ2v) is 6.19. The summed E-state index contributed by atoms with van der Waals surface area (Å²) in [5.74, 6) is 0.645. The van der Waals surface area contributed by atoms with E-state index in [4.69, 9.17) is 4.74 Å². The molecule has 1 aromatic heterocycles. The Kier molecular flexibility index (Phi) is 6.58. The molecule has 0 aliphatic carbocycles. The molecule has 2 aromatic carbocycles. The maximum absolute atomic E-state index is 11.1. The van der Waals surface area contributed by atoms with Gasteiger partial charge >= 0.3 is 5.97 Å². The number of benzene rings is 2. The number of aromatic nitrogens is 1. The minimum Gasteiger partial charge on any atom is -0.487 e. The number of carbonyl (C=O) groups is 1. The number of nitrogens with zero attached hydrogens (tertiary/aromatic N) is 1. The number of hydrogen-bond donors (Lipinski definition) is 0. The Labute approximate surface area is 159 Å². The third kappa shape index (κ3) is 5.42. The zero-order valence-corrected chi connectivity index (χ0v) is 15.4. The zero-order valence-electron chi connectivity index (χ0n) is 15.4. The van der Waals surface area contributed by atoms with E-state index in [0.29, 0.717) is 13.0 Å². The van der Waals surface area contributed by atoms with E-state index in [9.17, 15) is 4.79 Å². The van der Waals surface area contributed by atoms with Crippen LogP contribution >= 0.6 is 0 Å². The van der Waals surface area contributed by atoms with Crippen LogP contribution in [0.4, 0.5) is 0 Å². The lowest BCUT2D eigenvalue weighted by molar-refractivity contribution is -0.140. The molecule has 0 saturated heterocycles. The fraction of sp³-hybridized carbons (Fsp3) is 0.217. The van der Waals surface area contributed by atoms with E-state index >= 15 is 0 Å².